The van der Waals surface area contributed by atoms with Gasteiger partial charge in [0.2, 0.25) is 0 Å². The third-order valence-electron chi connectivity index (χ3n) is 4.06. The van der Waals surface area contributed by atoms with Crippen LogP contribution in [0.1, 0.15) is 16.7 Å². The van der Waals surface area contributed by atoms with Crippen molar-refractivity contribution in [2.45, 2.75) is 20.8 Å². The van der Waals surface area contributed by atoms with E-state index in [1.807, 2.05) is 55.9 Å². The summed E-state index contributed by atoms with van der Waals surface area (Å²) in [5.41, 5.74) is 6.09. The van der Waals surface area contributed by atoms with E-state index in [2.05, 4.69) is 29.7 Å². The summed E-state index contributed by atoms with van der Waals surface area (Å²) in [5.74, 6) is 0. The van der Waals surface area contributed by atoms with E-state index in [0.29, 0.717) is 0 Å². The summed E-state index contributed by atoms with van der Waals surface area (Å²) >= 11 is 0. The number of benzene rings is 2. The predicted molar refractivity (Wildman–Crippen MR) is 96.2 cm³/mol. The Labute approximate surface area is 136 Å². The zero-order valence-corrected chi connectivity index (χ0v) is 13.9. The smallest absolute Gasteiger partial charge is 0.323 e. The summed E-state index contributed by atoms with van der Waals surface area (Å²) in [4.78, 5) is 12.4. The second-order valence-corrected chi connectivity index (χ2v) is 6.02. The lowest BCUT2D eigenvalue weighted by molar-refractivity contribution is 0.262. The van der Waals surface area contributed by atoms with Gasteiger partial charge in [0.25, 0.3) is 0 Å². The lowest BCUT2D eigenvalue weighted by Crippen LogP contribution is -2.20. The molecule has 0 spiro atoms. The van der Waals surface area contributed by atoms with Crippen LogP contribution < -0.4 is 10.6 Å². The van der Waals surface area contributed by atoms with Gasteiger partial charge < -0.3 is 15.2 Å². The molecule has 1 aromatic heterocycles. The monoisotopic (exact) mass is 307 g/mol. The van der Waals surface area contributed by atoms with Gasteiger partial charge in [-0.05, 0) is 38.0 Å². The Morgan fingerprint density at radius 2 is 1.65 bits per heavy atom. The predicted octanol–water partition coefficient (Wildman–Crippen LogP) is 4.75. The highest BCUT2D eigenvalue weighted by molar-refractivity contribution is 6.06. The van der Waals surface area contributed by atoms with E-state index in [0.717, 1.165) is 33.4 Å². The molecule has 1 heterocycles. The number of hydrogen-bond acceptors (Lipinski definition) is 1. The van der Waals surface area contributed by atoms with Crippen LogP contribution in [0.3, 0.4) is 0 Å². The Kier molecular flexibility index (Phi) is 3.82. The molecule has 3 aromatic rings. The van der Waals surface area contributed by atoms with Crippen LogP contribution in [0, 0.1) is 20.8 Å². The number of fused-ring (bicyclic) bond motifs is 1. The molecule has 0 atom stereocenters. The molecule has 0 aliphatic heterocycles. The molecule has 0 aliphatic carbocycles. The number of nitrogens with zero attached hydrogens (tertiary/aromatic N) is 1. The lowest BCUT2D eigenvalue weighted by Gasteiger charge is -2.13. The van der Waals surface area contributed by atoms with E-state index in [4.69, 9.17) is 0 Å². The summed E-state index contributed by atoms with van der Waals surface area (Å²) < 4.78 is 2.01. The fraction of sp³-hybridized carbons (Fsp3) is 0.211. The summed E-state index contributed by atoms with van der Waals surface area (Å²) in [6.07, 6.45) is 1.93. The van der Waals surface area contributed by atoms with Crippen molar-refractivity contribution < 1.29 is 4.79 Å². The number of rotatable bonds is 2. The first-order valence-electron chi connectivity index (χ1n) is 7.65. The van der Waals surface area contributed by atoms with Gasteiger partial charge in [0.1, 0.15) is 0 Å². The molecule has 2 amide bonds. The van der Waals surface area contributed by atoms with E-state index in [1.54, 1.807) is 0 Å². The number of aromatic nitrogens is 1. The van der Waals surface area contributed by atoms with E-state index in [1.165, 1.54) is 5.56 Å². The zero-order chi connectivity index (χ0) is 16.6. The number of para-hydroxylation sites is 1. The van der Waals surface area contributed by atoms with Gasteiger partial charge in [-0.1, -0.05) is 35.9 Å². The SMILES string of the molecule is Cc1cc(C)c(NC(=O)Nc2cn(C)c3ccccc23)c(C)c1. The molecule has 0 saturated heterocycles. The molecule has 0 bridgehead atoms. The van der Waals surface area contributed by atoms with Gasteiger partial charge >= 0.3 is 6.03 Å². The molecule has 0 radical (unpaired) electrons. The van der Waals surface area contributed by atoms with Crippen molar-refractivity contribution in [3.05, 3.63) is 59.3 Å². The van der Waals surface area contributed by atoms with Crippen molar-refractivity contribution in [1.82, 2.24) is 4.57 Å². The molecule has 23 heavy (non-hydrogen) atoms. The standard InChI is InChI=1S/C19H21N3O/c1-12-9-13(2)18(14(3)10-12)21-19(23)20-16-11-22(4)17-8-6-5-7-15(16)17/h5-11H,1-4H3,(H2,20,21,23). The molecule has 0 fully saturated rings. The second-order valence-electron chi connectivity index (χ2n) is 6.02. The van der Waals surface area contributed by atoms with Gasteiger partial charge in [0, 0.05) is 29.8 Å². The van der Waals surface area contributed by atoms with Gasteiger partial charge in [-0.25, -0.2) is 4.79 Å². The number of carbonyl (C=O) groups is 1. The molecule has 0 aliphatic rings. The minimum Gasteiger partial charge on any atom is -0.348 e. The third kappa shape index (κ3) is 2.93. The topological polar surface area (TPSA) is 46.1 Å². The first-order chi connectivity index (χ1) is 11.0. The molecule has 4 nitrogen and oxygen atoms in total. The number of amides is 2. The van der Waals surface area contributed by atoms with Gasteiger partial charge in [0.05, 0.1) is 5.69 Å². The summed E-state index contributed by atoms with van der Waals surface area (Å²) in [6.45, 7) is 6.07. The van der Waals surface area contributed by atoms with E-state index in [9.17, 15) is 4.79 Å². The average Bonchev–Trinajstić information content (AvgIpc) is 2.80. The van der Waals surface area contributed by atoms with Crippen LogP contribution in [0.4, 0.5) is 16.2 Å². The minimum atomic E-state index is -0.226. The second kappa shape index (κ2) is 5.80. The summed E-state index contributed by atoms with van der Waals surface area (Å²) in [6, 6.07) is 11.9. The van der Waals surface area contributed by atoms with E-state index >= 15 is 0 Å². The van der Waals surface area contributed by atoms with Gasteiger partial charge in [0.15, 0.2) is 0 Å². The number of aryl methyl sites for hydroxylation is 4. The fourth-order valence-corrected chi connectivity index (χ4v) is 3.09. The molecule has 2 N–H and O–H groups in total. The Morgan fingerprint density at radius 3 is 2.35 bits per heavy atom. The number of hydrogen-bond donors (Lipinski definition) is 2. The van der Waals surface area contributed by atoms with Crippen molar-refractivity contribution in [1.29, 1.82) is 0 Å². The van der Waals surface area contributed by atoms with Gasteiger partial charge in [-0.15, -0.1) is 0 Å². The van der Waals surface area contributed by atoms with Gasteiger partial charge in [-0.2, -0.15) is 0 Å². The quantitative estimate of drug-likeness (QED) is 0.705. The summed E-state index contributed by atoms with van der Waals surface area (Å²) in [7, 11) is 1.97. The number of carbonyl (C=O) groups excluding carboxylic acids is 1. The minimum absolute atomic E-state index is 0.226. The van der Waals surface area contributed by atoms with Gasteiger partial charge in [-0.3, -0.25) is 0 Å². The van der Waals surface area contributed by atoms with E-state index < -0.39 is 0 Å². The molecule has 4 heteroatoms. The maximum Gasteiger partial charge on any atom is 0.323 e. The molecule has 0 saturated carbocycles. The van der Waals surface area contributed by atoms with Crippen LogP contribution in [0.25, 0.3) is 10.9 Å². The Morgan fingerprint density at radius 1 is 1.00 bits per heavy atom. The molecule has 118 valence electrons. The van der Waals surface area contributed by atoms with Crippen molar-refractivity contribution in [2.24, 2.45) is 7.05 Å². The lowest BCUT2D eigenvalue weighted by atomic mass is 10.1. The molecular formula is C19H21N3O. The normalized spacial score (nSPS) is 10.8. The van der Waals surface area contributed by atoms with Crippen LogP contribution in [0.5, 0.6) is 0 Å². The third-order valence-corrected chi connectivity index (χ3v) is 4.06. The highest BCUT2D eigenvalue weighted by Crippen LogP contribution is 2.26. The van der Waals surface area contributed by atoms with Crippen LogP contribution >= 0.6 is 0 Å². The van der Waals surface area contributed by atoms with Crippen molar-refractivity contribution in [3.8, 4) is 0 Å². The number of urea groups is 1. The molecular weight excluding hydrogens is 286 g/mol. The average molecular weight is 307 g/mol. The maximum absolute atomic E-state index is 12.4. The van der Waals surface area contributed by atoms with Crippen molar-refractivity contribution in [3.63, 3.8) is 0 Å². The van der Waals surface area contributed by atoms with Crippen LogP contribution in [0.15, 0.2) is 42.6 Å². The van der Waals surface area contributed by atoms with Crippen LogP contribution in [0.2, 0.25) is 0 Å². The number of nitrogens with one attached hydrogen (secondary N) is 2. The van der Waals surface area contributed by atoms with Crippen LogP contribution in [-0.2, 0) is 7.05 Å². The summed E-state index contributed by atoms with van der Waals surface area (Å²) in [5, 5.41) is 6.95. The molecule has 2 aromatic carbocycles. The van der Waals surface area contributed by atoms with Crippen LogP contribution in [-0.4, -0.2) is 10.6 Å². The Hall–Kier alpha value is -2.75. The van der Waals surface area contributed by atoms with Crippen molar-refractivity contribution in [2.75, 3.05) is 10.6 Å². The fourth-order valence-electron chi connectivity index (χ4n) is 3.09. The maximum atomic E-state index is 12.4. The Balaban J connectivity index is 1.85. The number of anilines is 2. The first kappa shape index (κ1) is 15.2. The highest BCUT2D eigenvalue weighted by Gasteiger charge is 2.11. The Bertz CT molecular complexity index is 870. The molecule has 0 unspecified atom stereocenters. The van der Waals surface area contributed by atoms with E-state index in [-0.39, 0.29) is 6.03 Å². The zero-order valence-electron chi connectivity index (χ0n) is 13.9. The highest BCUT2D eigenvalue weighted by atomic mass is 16.2. The largest absolute Gasteiger partial charge is 0.348 e. The first-order valence-corrected chi connectivity index (χ1v) is 7.65. The molecule has 3 rings (SSSR count). The van der Waals surface area contributed by atoms with Crippen molar-refractivity contribution >= 4 is 28.3 Å².